The molecule has 2 aromatic heterocycles. The molecular weight excluding hydrogens is 401 g/mol. The smallest absolute Gasteiger partial charge is 0.310 e. The maximum Gasteiger partial charge on any atom is 0.310 e. The fourth-order valence-corrected chi connectivity index (χ4v) is 3.22. The molecule has 1 aromatic carbocycles. The molecule has 12 heteroatoms. The van der Waals surface area contributed by atoms with E-state index in [1.165, 1.54) is 35.2 Å². The number of aromatic nitrogens is 4. The number of carbonyl (C=O) groups excluding carboxylic acids is 1. The van der Waals surface area contributed by atoms with Gasteiger partial charge in [-0.1, -0.05) is 12.1 Å². The Kier molecular flexibility index (Phi) is 5.20. The molecule has 0 spiro atoms. The standard InChI is InChI=1S/C18H18FN5O6/c19-9-3-1-8(2-4-9)5-11(25)29-6-10-13(26)14(27)17(30-10)24-7-21-12-15(24)22-18(20)23-16(12)28/h1-4,7,10,13-14,17,26-27H,5-6H2,(H3,20,22,23,28)/t10-,13-,14-,17-/m1/s1. The number of aromatic amines is 1. The van der Waals surface area contributed by atoms with Gasteiger partial charge in [0.2, 0.25) is 5.95 Å². The molecule has 0 unspecified atom stereocenters. The van der Waals surface area contributed by atoms with Crippen molar-refractivity contribution in [3.05, 3.63) is 52.3 Å². The van der Waals surface area contributed by atoms with Gasteiger partial charge in [-0.15, -0.1) is 0 Å². The Morgan fingerprint density at radius 2 is 2.03 bits per heavy atom. The van der Waals surface area contributed by atoms with Crippen molar-refractivity contribution in [1.29, 1.82) is 0 Å². The second-order valence-corrected chi connectivity index (χ2v) is 6.81. The van der Waals surface area contributed by atoms with Gasteiger partial charge in [0.25, 0.3) is 5.56 Å². The minimum atomic E-state index is -1.40. The molecule has 0 saturated carbocycles. The predicted molar refractivity (Wildman–Crippen MR) is 99.5 cm³/mol. The number of nitrogen functional groups attached to an aromatic ring is 1. The summed E-state index contributed by atoms with van der Waals surface area (Å²) in [5, 5.41) is 20.7. The molecule has 3 heterocycles. The number of fused-ring (bicyclic) bond motifs is 1. The van der Waals surface area contributed by atoms with E-state index in [0.717, 1.165) is 0 Å². The van der Waals surface area contributed by atoms with Crippen LogP contribution in [-0.4, -0.2) is 60.6 Å². The number of rotatable bonds is 5. The van der Waals surface area contributed by atoms with Gasteiger partial charge in [-0.3, -0.25) is 19.1 Å². The maximum atomic E-state index is 12.9. The van der Waals surface area contributed by atoms with Crippen LogP contribution >= 0.6 is 0 Å². The van der Waals surface area contributed by atoms with E-state index in [1.807, 2.05) is 0 Å². The Labute approximate surface area is 167 Å². The summed E-state index contributed by atoms with van der Waals surface area (Å²) in [5.74, 6) is -1.17. The Hall–Kier alpha value is -3.35. The Morgan fingerprint density at radius 1 is 1.30 bits per heavy atom. The molecule has 5 N–H and O–H groups in total. The van der Waals surface area contributed by atoms with Crippen molar-refractivity contribution >= 4 is 23.1 Å². The molecule has 1 aliphatic rings. The number of aliphatic hydroxyl groups is 2. The van der Waals surface area contributed by atoms with Crippen LogP contribution in [0.2, 0.25) is 0 Å². The van der Waals surface area contributed by atoms with Gasteiger partial charge in [0.1, 0.15) is 30.7 Å². The normalized spacial score (nSPS) is 23.7. The van der Waals surface area contributed by atoms with Crippen LogP contribution in [-0.2, 0) is 20.7 Å². The fourth-order valence-electron chi connectivity index (χ4n) is 3.22. The van der Waals surface area contributed by atoms with E-state index in [2.05, 4.69) is 15.0 Å². The van der Waals surface area contributed by atoms with E-state index in [9.17, 15) is 24.2 Å². The average molecular weight is 419 g/mol. The van der Waals surface area contributed by atoms with E-state index in [-0.39, 0.29) is 30.1 Å². The Balaban J connectivity index is 1.44. The number of benzene rings is 1. The average Bonchev–Trinajstić information content (AvgIpc) is 3.24. The molecule has 3 aromatic rings. The van der Waals surface area contributed by atoms with E-state index in [1.54, 1.807) is 0 Å². The number of hydrogen-bond acceptors (Lipinski definition) is 9. The van der Waals surface area contributed by atoms with Gasteiger partial charge < -0.3 is 25.4 Å². The number of ether oxygens (including phenoxy) is 2. The summed E-state index contributed by atoms with van der Waals surface area (Å²) in [6.07, 6.45) is -3.78. The number of carbonyl (C=O) groups is 1. The number of nitrogens with one attached hydrogen (secondary N) is 1. The molecule has 4 atom stereocenters. The Morgan fingerprint density at radius 3 is 2.77 bits per heavy atom. The van der Waals surface area contributed by atoms with Crippen LogP contribution in [0, 0.1) is 5.82 Å². The minimum absolute atomic E-state index is 0.0105. The molecule has 1 aliphatic heterocycles. The van der Waals surface area contributed by atoms with Crippen LogP contribution in [0.4, 0.5) is 10.3 Å². The number of imidazole rings is 1. The van der Waals surface area contributed by atoms with Crippen molar-refractivity contribution < 1.29 is 28.9 Å². The van der Waals surface area contributed by atoms with Gasteiger partial charge in [0.15, 0.2) is 17.4 Å². The number of nitrogens with zero attached hydrogens (tertiary/aromatic N) is 3. The van der Waals surface area contributed by atoms with Crippen molar-refractivity contribution in [2.24, 2.45) is 0 Å². The van der Waals surface area contributed by atoms with Gasteiger partial charge in [-0.2, -0.15) is 4.98 Å². The zero-order chi connectivity index (χ0) is 21.4. The number of hydrogen-bond donors (Lipinski definition) is 4. The van der Waals surface area contributed by atoms with Crippen LogP contribution in [0.5, 0.6) is 0 Å². The summed E-state index contributed by atoms with van der Waals surface area (Å²) in [6.45, 7) is -0.322. The van der Waals surface area contributed by atoms with Crippen LogP contribution in [0.25, 0.3) is 11.2 Å². The first-order valence-electron chi connectivity index (χ1n) is 8.97. The molecular formula is C18H18FN5O6. The largest absolute Gasteiger partial charge is 0.463 e. The highest BCUT2D eigenvalue weighted by atomic mass is 19.1. The first kappa shape index (κ1) is 19.9. The van der Waals surface area contributed by atoms with Crippen molar-refractivity contribution in [3.8, 4) is 0 Å². The monoisotopic (exact) mass is 419 g/mol. The molecule has 11 nitrogen and oxygen atoms in total. The lowest BCUT2D eigenvalue weighted by atomic mass is 10.1. The van der Waals surface area contributed by atoms with E-state index in [0.29, 0.717) is 5.56 Å². The SMILES string of the molecule is Nc1nc2c(ncn2[C@@H]2O[C@H](COC(=O)Cc3ccc(F)cc3)[C@@H](O)[C@H]2O)c(=O)[nH]1. The fraction of sp³-hybridized carbons (Fsp3) is 0.333. The molecule has 158 valence electrons. The highest BCUT2D eigenvalue weighted by molar-refractivity contribution is 5.72. The highest BCUT2D eigenvalue weighted by Crippen LogP contribution is 2.31. The van der Waals surface area contributed by atoms with Crippen LogP contribution < -0.4 is 11.3 Å². The molecule has 0 amide bonds. The van der Waals surface area contributed by atoms with E-state index in [4.69, 9.17) is 15.2 Å². The van der Waals surface area contributed by atoms with Gasteiger partial charge in [-0.25, -0.2) is 9.37 Å². The minimum Gasteiger partial charge on any atom is -0.463 e. The van der Waals surface area contributed by atoms with Gasteiger partial charge in [-0.05, 0) is 17.7 Å². The zero-order valence-electron chi connectivity index (χ0n) is 15.4. The number of nitrogens with two attached hydrogens (primary N) is 1. The molecule has 0 radical (unpaired) electrons. The lowest BCUT2D eigenvalue weighted by molar-refractivity contribution is -0.149. The summed E-state index contributed by atoms with van der Waals surface area (Å²) < 4.78 is 25.0. The maximum absolute atomic E-state index is 12.9. The lowest BCUT2D eigenvalue weighted by Crippen LogP contribution is -2.34. The molecule has 30 heavy (non-hydrogen) atoms. The summed E-state index contributed by atoms with van der Waals surface area (Å²) >= 11 is 0. The van der Waals surface area contributed by atoms with Crippen molar-refractivity contribution in [3.63, 3.8) is 0 Å². The highest BCUT2D eigenvalue weighted by Gasteiger charge is 2.45. The van der Waals surface area contributed by atoms with Crippen molar-refractivity contribution in [2.45, 2.75) is 31.0 Å². The predicted octanol–water partition coefficient (Wildman–Crippen LogP) is -0.754. The molecule has 1 saturated heterocycles. The zero-order valence-corrected chi connectivity index (χ0v) is 15.4. The first-order chi connectivity index (χ1) is 14.3. The topological polar surface area (TPSA) is 166 Å². The number of aliphatic hydroxyl groups excluding tert-OH is 2. The second kappa shape index (κ2) is 7.82. The number of H-pyrrole nitrogens is 1. The van der Waals surface area contributed by atoms with Gasteiger partial charge in [0, 0.05) is 0 Å². The lowest BCUT2D eigenvalue weighted by Gasteiger charge is -2.16. The molecule has 4 rings (SSSR count). The summed E-state index contributed by atoms with van der Waals surface area (Å²) in [6, 6.07) is 5.38. The van der Waals surface area contributed by atoms with E-state index >= 15 is 0 Å². The van der Waals surface area contributed by atoms with Gasteiger partial charge in [0.05, 0.1) is 12.7 Å². The van der Waals surface area contributed by atoms with Crippen LogP contribution in [0.1, 0.15) is 11.8 Å². The number of halogens is 1. The number of anilines is 1. The molecule has 1 fully saturated rings. The van der Waals surface area contributed by atoms with Crippen molar-refractivity contribution in [2.75, 3.05) is 12.3 Å². The van der Waals surface area contributed by atoms with Crippen LogP contribution in [0.15, 0.2) is 35.4 Å². The Bertz CT molecular complexity index is 1130. The third-order valence-electron chi connectivity index (χ3n) is 4.73. The van der Waals surface area contributed by atoms with Crippen molar-refractivity contribution in [1.82, 2.24) is 19.5 Å². The summed E-state index contributed by atoms with van der Waals surface area (Å²) in [4.78, 5) is 34.1. The quantitative estimate of drug-likeness (QED) is 0.389. The molecule has 0 aliphatic carbocycles. The molecule has 0 bridgehead atoms. The first-order valence-corrected chi connectivity index (χ1v) is 8.97. The van der Waals surface area contributed by atoms with E-state index < -0.39 is 41.9 Å². The second-order valence-electron chi connectivity index (χ2n) is 6.81. The van der Waals surface area contributed by atoms with Gasteiger partial charge >= 0.3 is 5.97 Å². The third-order valence-corrected chi connectivity index (χ3v) is 4.73. The van der Waals surface area contributed by atoms with Crippen LogP contribution in [0.3, 0.4) is 0 Å². The summed E-state index contributed by atoms with van der Waals surface area (Å²) in [7, 11) is 0. The summed E-state index contributed by atoms with van der Waals surface area (Å²) in [5.41, 5.74) is 5.62. The number of esters is 1. The third kappa shape index (κ3) is 3.75.